The Balaban J connectivity index is 1.78. The molecule has 4 nitrogen and oxygen atoms in total. The number of fused-ring (bicyclic) bond motifs is 1. The zero-order chi connectivity index (χ0) is 13.4. The average molecular weight is 280 g/mol. The van der Waals surface area contributed by atoms with Gasteiger partial charge in [0.05, 0.1) is 5.57 Å². The van der Waals surface area contributed by atoms with Gasteiger partial charge in [0.25, 0.3) is 5.91 Å². The van der Waals surface area contributed by atoms with Crippen molar-refractivity contribution in [2.45, 2.75) is 0 Å². The number of hydrogen-bond acceptors (Lipinski definition) is 3. The van der Waals surface area contributed by atoms with Gasteiger partial charge in [-0.2, -0.15) is 0 Å². The monoisotopic (exact) mass is 279 g/mol. The van der Waals surface area contributed by atoms with Crippen LogP contribution < -0.4 is 4.74 Å². The molecule has 0 atom stereocenters. The fourth-order valence-electron chi connectivity index (χ4n) is 2.33. The lowest BCUT2D eigenvalue weighted by molar-refractivity contribution is -0.134. The van der Waals surface area contributed by atoms with Crippen LogP contribution in [0.5, 0.6) is 5.75 Å². The molecule has 0 bridgehead atoms. The number of hydrogen-bond donors (Lipinski definition) is 1. The van der Waals surface area contributed by atoms with Crippen LogP contribution in [0.1, 0.15) is 5.56 Å². The zero-order valence-corrected chi connectivity index (χ0v) is 11.1. The standard InChI is InChI=1S/C14H14ClNO3/c15-12-1-2-13-10(4-12)3-11(8-19-13)14(18)16-5-9(6-16)7-17/h1-4,9,17H,5-8H2. The van der Waals surface area contributed by atoms with Gasteiger partial charge in [0.2, 0.25) is 0 Å². The van der Waals surface area contributed by atoms with E-state index < -0.39 is 0 Å². The summed E-state index contributed by atoms with van der Waals surface area (Å²) in [6.07, 6.45) is 1.83. The second kappa shape index (κ2) is 4.87. The van der Waals surface area contributed by atoms with Gasteiger partial charge < -0.3 is 14.7 Å². The molecular weight excluding hydrogens is 266 g/mol. The smallest absolute Gasteiger partial charge is 0.253 e. The van der Waals surface area contributed by atoms with Crippen molar-refractivity contribution in [1.29, 1.82) is 0 Å². The molecule has 3 rings (SSSR count). The number of ether oxygens (including phenoxy) is 1. The molecule has 0 saturated carbocycles. The first-order valence-corrected chi connectivity index (χ1v) is 6.58. The van der Waals surface area contributed by atoms with E-state index >= 15 is 0 Å². The Morgan fingerprint density at radius 1 is 1.47 bits per heavy atom. The van der Waals surface area contributed by atoms with Crippen molar-refractivity contribution in [3.8, 4) is 5.75 Å². The van der Waals surface area contributed by atoms with E-state index in [-0.39, 0.29) is 25.0 Å². The quantitative estimate of drug-likeness (QED) is 0.894. The van der Waals surface area contributed by atoms with Crippen molar-refractivity contribution >= 4 is 23.6 Å². The number of likely N-dealkylation sites (tertiary alicyclic amines) is 1. The van der Waals surface area contributed by atoms with Crippen LogP contribution in [0.25, 0.3) is 6.08 Å². The second-order valence-corrected chi connectivity index (χ2v) is 5.34. The van der Waals surface area contributed by atoms with Gasteiger partial charge in [0.1, 0.15) is 12.4 Å². The summed E-state index contributed by atoms with van der Waals surface area (Å²) in [5, 5.41) is 9.59. The number of aliphatic hydroxyl groups is 1. The first-order chi connectivity index (χ1) is 9.17. The van der Waals surface area contributed by atoms with E-state index in [1.165, 1.54) is 0 Å². The Kier molecular flexibility index (Phi) is 3.21. The predicted octanol–water partition coefficient (Wildman–Crippen LogP) is 1.57. The second-order valence-electron chi connectivity index (χ2n) is 4.90. The molecule has 5 heteroatoms. The molecule has 19 heavy (non-hydrogen) atoms. The summed E-state index contributed by atoms with van der Waals surface area (Å²) >= 11 is 5.93. The van der Waals surface area contributed by atoms with Gasteiger partial charge in [-0.15, -0.1) is 0 Å². The van der Waals surface area contributed by atoms with Crippen LogP contribution in [0.15, 0.2) is 23.8 Å². The lowest BCUT2D eigenvalue weighted by Crippen LogP contribution is -2.52. The summed E-state index contributed by atoms with van der Waals surface area (Å²) in [6, 6.07) is 5.36. The fraction of sp³-hybridized carbons (Fsp3) is 0.357. The molecule has 2 aliphatic rings. The molecule has 1 fully saturated rings. The summed E-state index contributed by atoms with van der Waals surface area (Å²) < 4.78 is 5.56. The predicted molar refractivity (Wildman–Crippen MR) is 72.1 cm³/mol. The molecule has 0 radical (unpaired) electrons. The SMILES string of the molecule is O=C(C1=Cc2cc(Cl)ccc2OC1)N1CC(CO)C1. The molecule has 1 aromatic rings. The van der Waals surface area contributed by atoms with Crippen molar-refractivity contribution in [3.63, 3.8) is 0 Å². The van der Waals surface area contributed by atoms with Gasteiger partial charge in [0.15, 0.2) is 0 Å². The number of rotatable bonds is 2. The first-order valence-electron chi connectivity index (χ1n) is 6.20. The van der Waals surface area contributed by atoms with Crippen molar-refractivity contribution in [2.24, 2.45) is 5.92 Å². The fourth-order valence-corrected chi connectivity index (χ4v) is 2.51. The molecule has 0 unspecified atom stereocenters. The topological polar surface area (TPSA) is 49.8 Å². The Bertz CT molecular complexity index is 550. The van der Waals surface area contributed by atoms with Crippen LogP contribution >= 0.6 is 11.6 Å². The zero-order valence-electron chi connectivity index (χ0n) is 10.3. The van der Waals surface area contributed by atoms with Crippen LogP contribution in [-0.4, -0.2) is 42.2 Å². The molecule has 0 aromatic heterocycles. The van der Waals surface area contributed by atoms with Gasteiger partial charge in [-0.3, -0.25) is 4.79 Å². The maximum atomic E-state index is 12.2. The number of aliphatic hydroxyl groups excluding tert-OH is 1. The number of nitrogens with zero attached hydrogens (tertiary/aromatic N) is 1. The van der Waals surface area contributed by atoms with E-state index in [1.54, 1.807) is 23.1 Å². The van der Waals surface area contributed by atoms with E-state index in [1.807, 2.05) is 6.08 Å². The van der Waals surface area contributed by atoms with E-state index in [9.17, 15) is 4.79 Å². The summed E-state index contributed by atoms with van der Waals surface area (Å²) in [7, 11) is 0. The minimum atomic E-state index is -0.0182. The minimum absolute atomic E-state index is 0.0182. The average Bonchev–Trinajstić information content (AvgIpc) is 2.36. The number of halogens is 1. The first kappa shape index (κ1) is 12.5. The van der Waals surface area contributed by atoms with Crippen LogP contribution in [0, 0.1) is 5.92 Å². The Labute approximate surface area is 116 Å². The third-order valence-electron chi connectivity index (χ3n) is 3.46. The van der Waals surface area contributed by atoms with Crippen molar-refractivity contribution in [3.05, 3.63) is 34.4 Å². The highest BCUT2D eigenvalue weighted by Crippen LogP contribution is 2.30. The molecule has 2 aliphatic heterocycles. The van der Waals surface area contributed by atoms with Gasteiger partial charge in [-0.1, -0.05) is 11.6 Å². The number of carbonyl (C=O) groups is 1. The van der Waals surface area contributed by atoms with E-state index in [4.69, 9.17) is 21.4 Å². The Morgan fingerprint density at radius 3 is 3.00 bits per heavy atom. The minimum Gasteiger partial charge on any atom is -0.488 e. The Hall–Kier alpha value is -1.52. The molecule has 0 spiro atoms. The Morgan fingerprint density at radius 2 is 2.26 bits per heavy atom. The largest absolute Gasteiger partial charge is 0.488 e. The molecule has 0 aliphatic carbocycles. The third kappa shape index (κ3) is 2.33. The highest BCUT2D eigenvalue weighted by Gasteiger charge is 2.32. The van der Waals surface area contributed by atoms with Crippen molar-refractivity contribution in [2.75, 3.05) is 26.3 Å². The van der Waals surface area contributed by atoms with E-state index in [0.717, 1.165) is 11.3 Å². The van der Waals surface area contributed by atoms with Gasteiger partial charge in [0, 0.05) is 36.2 Å². The molecule has 2 heterocycles. The molecule has 1 aromatic carbocycles. The van der Waals surface area contributed by atoms with E-state index in [2.05, 4.69) is 0 Å². The summed E-state index contributed by atoms with van der Waals surface area (Å²) in [5.74, 6) is 0.948. The van der Waals surface area contributed by atoms with Gasteiger partial charge in [-0.25, -0.2) is 0 Å². The molecule has 1 amide bonds. The number of amides is 1. The lowest BCUT2D eigenvalue weighted by atomic mass is 9.99. The highest BCUT2D eigenvalue weighted by atomic mass is 35.5. The molecule has 1 N–H and O–H groups in total. The lowest BCUT2D eigenvalue weighted by Gasteiger charge is -2.39. The van der Waals surface area contributed by atoms with Crippen LogP contribution in [0.2, 0.25) is 5.02 Å². The molecule has 1 saturated heterocycles. The number of carbonyl (C=O) groups excluding carboxylic acids is 1. The molecular formula is C14H14ClNO3. The van der Waals surface area contributed by atoms with Crippen LogP contribution in [-0.2, 0) is 4.79 Å². The van der Waals surface area contributed by atoms with Crippen molar-refractivity contribution < 1.29 is 14.6 Å². The van der Waals surface area contributed by atoms with Crippen LogP contribution in [0.4, 0.5) is 0 Å². The van der Waals surface area contributed by atoms with E-state index in [0.29, 0.717) is 23.7 Å². The van der Waals surface area contributed by atoms with Gasteiger partial charge in [-0.05, 0) is 24.3 Å². The maximum Gasteiger partial charge on any atom is 0.253 e. The number of benzene rings is 1. The summed E-state index contributed by atoms with van der Waals surface area (Å²) in [4.78, 5) is 13.9. The van der Waals surface area contributed by atoms with Gasteiger partial charge >= 0.3 is 0 Å². The van der Waals surface area contributed by atoms with Crippen molar-refractivity contribution in [1.82, 2.24) is 4.90 Å². The summed E-state index contributed by atoms with van der Waals surface area (Å²) in [5.41, 5.74) is 1.47. The third-order valence-corrected chi connectivity index (χ3v) is 3.70. The summed E-state index contributed by atoms with van der Waals surface area (Å²) in [6.45, 7) is 1.66. The maximum absolute atomic E-state index is 12.2. The highest BCUT2D eigenvalue weighted by molar-refractivity contribution is 6.30. The molecule has 100 valence electrons. The normalized spacial score (nSPS) is 18.2. The van der Waals surface area contributed by atoms with Crippen LogP contribution in [0.3, 0.4) is 0 Å².